The van der Waals surface area contributed by atoms with E-state index in [-0.39, 0.29) is 18.3 Å². The normalized spacial score (nSPS) is 16.7. The molecule has 0 radical (unpaired) electrons. The fraction of sp³-hybridized carbons (Fsp3) is 0.500. The van der Waals surface area contributed by atoms with Gasteiger partial charge in [-0.25, -0.2) is 4.79 Å². The summed E-state index contributed by atoms with van der Waals surface area (Å²) in [6, 6.07) is 8.90. The van der Waals surface area contributed by atoms with Gasteiger partial charge in [0, 0.05) is 13.0 Å². The molecule has 1 atom stereocenters. The van der Waals surface area contributed by atoms with Crippen LogP contribution in [-0.2, 0) is 16.1 Å². The Kier molecular flexibility index (Phi) is 6.78. The summed E-state index contributed by atoms with van der Waals surface area (Å²) < 4.78 is 5.32. The van der Waals surface area contributed by atoms with Crippen molar-refractivity contribution in [3.63, 3.8) is 0 Å². The molecule has 0 bridgehead atoms. The summed E-state index contributed by atoms with van der Waals surface area (Å²) in [5.74, 6) is -0.0726. The first-order valence-corrected chi connectivity index (χ1v) is 8.47. The molecular formula is C18H25N3O3. The van der Waals surface area contributed by atoms with Crippen LogP contribution in [-0.4, -0.2) is 35.3 Å². The number of nitrogens with one attached hydrogen (secondary N) is 2. The van der Waals surface area contributed by atoms with Crippen molar-refractivity contribution in [1.29, 1.82) is 5.41 Å². The lowest BCUT2D eigenvalue weighted by molar-refractivity contribution is -0.123. The van der Waals surface area contributed by atoms with Crippen molar-refractivity contribution in [3.8, 4) is 0 Å². The number of rotatable bonds is 6. The van der Waals surface area contributed by atoms with E-state index in [1.54, 1.807) is 0 Å². The summed E-state index contributed by atoms with van der Waals surface area (Å²) in [5.41, 5.74) is 0.910. The molecule has 0 aliphatic carbocycles. The number of carbonyl (C=O) groups excluding carboxylic acids is 2. The van der Waals surface area contributed by atoms with Crippen molar-refractivity contribution in [1.82, 2.24) is 10.2 Å². The van der Waals surface area contributed by atoms with Crippen LogP contribution in [0.1, 0.15) is 44.6 Å². The quantitative estimate of drug-likeness (QED) is 0.621. The van der Waals surface area contributed by atoms with Crippen LogP contribution in [0.4, 0.5) is 4.79 Å². The van der Waals surface area contributed by atoms with E-state index in [2.05, 4.69) is 5.32 Å². The Morgan fingerprint density at radius 3 is 2.79 bits per heavy atom. The second kappa shape index (κ2) is 9.05. The molecule has 2 amide bonds. The Bertz CT molecular complexity index is 574. The number of likely N-dealkylation sites (tertiary alicyclic amines) is 1. The number of hydrogen-bond donors (Lipinski definition) is 2. The van der Waals surface area contributed by atoms with Crippen LogP contribution in [0.3, 0.4) is 0 Å². The Morgan fingerprint density at radius 1 is 1.33 bits per heavy atom. The lowest BCUT2D eigenvalue weighted by Crippen LogP contribution is -2.47. The van der Waals surface area contributed by atoms with Gasteiger partial charge in [-0.15, -0.1) is 0 Å². The van der Waals surface area contributed by atoms with Crippen LogP contribution in [0.2, 0.25) is 0 Å². The first-order chi connectivity index (χ1) is 11.6. The molecule has 6 heteroatoms. The molecule has 1 aromatic rings. The zero-order chi connectivity index (χ0) is 17.4. The fourth-order valence-electron chi connectivity index (χ4n) is 2.71. The average Bonchev–Trinajstić information content (AvgIpc) is 3.08. The number of amides is 2. The maximum absolute atomic E-state index is 12.3. The van der Waals surface area contributed by atoms with Gasteiger partial charge in [0.2, 0.25) is 5.91 Å². The van der Waals surface area contributed by atoms with Crippen LogP contribution < -0.4 is 5.32 Å². The molecule has 2 rings (SSSR count). The monoisotopic (exact) mass is 331 g/mol. The van der Waals surface area contributed by atoms with Gasteiger partial charge in [-0.1, -0.05) is 43.7 Å². The topological polar surface area (TPSA) is 82.5 Å². The van der Waals surface area contributed by atoms with Gasteiger partial charge in [-0.05, 0) is 24.8 Å². The predicted molar refractivity (Wildman–Crippen MR) is 91.7 cm³/mol. The van der Waals surface area contributed by atoms with E-state index in [1.807, 2.05) is 37.3 Å². The van der Waals surface area contributed by atoms with Crippen molar-refractivity contribution in [2.45, 2.75) is 51.7 Å². The maximum Gasteiger partial charge on any atom is 0.410 e. The van der Waals surface area contributed by atoms with Gasteiger partial charge in [-0.2, -0.15) is 0 Å². The van der Waals surface area contributed by atoms with E-state index < -0.39 is 12.1 Å². The number of carbonyl (C=O) groups is 2. The summed E-state index contributed by atoms with van der Waals surface area (Å²) in [5, 5.41) is 10.4. The summed E-state index contributed by atoms with van der Waals surface area (Å²) >= 11 is 0. The molecule has 1 aromatic carbocycles. The maximum atomic E-state index is 12.3. The standard InChI is InChI=1S/C18H25N3O3/c1-2-3-11-16(19)20-17(22)15-10-7-12-21(15)18(23)24-13-14-8-5-4-6-9-14/h4-6,8-9,15H,2-3,7,10-13H2,1H3,(H2,19,20,22)/t15-/m0/s1. The Labute approximate surface area is 142 Å². The molecule has 6 nitrogen and oxygen atoms in total. The minimum atomic E-state index is -0.546. The highest BCUT2D eigenvalue weighted by Gasteiger charge is 2.35. The summed E-state index contributed by atoms with van der Waals surface area (Å²) in [6.07, 6.45) is 3.28. The van der Waals surface area contributed by atoms with E-state index >= 15 is 0 Å². The zero-order valence-corrected chi connectivity index (χ0v) is 14.1. The van der Waals surface area contributed by atoms with E-state index in [9.17, 15) is 9.59 Å². The van der Waals surface area contributed by atoms with Crippen molar-refractivity contribution in [2.24, 2.45) is 0 Å². The van der Waals surface area contributed by atoms with Gasteiger partial charge in [-0.3, -0.25) is 15.1 Å². The van der Waals surface area contributed by atoms with Gasteiger partial charge in [0.25, 0.3) is 0 Å². The molecule has 0 aromatic heterocycles. The van der Waals surface area contributed by atoms with E-state index in [1.165, 1.54) is 4.90 Å². The first-order valence-electron chi connectivity index (χ1n) is 8.47. The first kappa shape index (κ1) is 18.0. The number of amidine groups is 1. The molecule has 0 unspecified atom stereocenters. The summed E-state index contributed by atoms with van der Waals surface area (Å²) in [6.45, 7) is 2.74. The van der Waals surface area contributed by atoms with Crippen LogP contribution >= 0.6 is 0 Å². The number of nitrogens with zero attached hydrogens (tertiary/aromatic N) is 1. The zero-order valence-electron chi connectivity index (χ0n) is 14.1. The molecular weight excluding hydrogens is 306 g/mol. The van der Waals surface area contributed by atoms with Gasteiger partial charge in [0.05, 0.1) is 5.84 Å². The third-order valence-electron chi connectivity index (χ3n) is 4.05. The van der Waals surface area contributed by atoms with Gasteiger partial charge in [0.15, 0.2) is 0 Å². The molecule has 130 valence electrons. The average molecular weight is 331 g/mol. The Morgan fingerprint density at radius 2 is 2.08 bits per heavy atom. The minimum absolute atomic E-state index is 0.191. The van der Waals surface area contributed by atoms with Crippen molar-refractivity contribution < 1.29 is 14.3 Å². The second-order valence-corrected chi connectivity index (χ2v) is 5.96. The summed E-state index contributed by atoms with van der Waals surface area (Å²) in [7, 11) is 0. The number of benzene rings is 1. The number of hydrogen-bond acceptors (Lipinski definition) is 4. The molecule has 1 aliphatic heterocycles. The van der Waals surface area contributed by atoms with Gasteiger partial charge in [0.1, 0.15) is 12.6 Å². The summed E-state index contributed by atoms with van der Waals surface area (Å²) in [4.78, 5) is 26.0. The highest BCUT2D eigenvalue weighted by atomic mass is 16.6. The van der Waals surface area contributed by atoms with Crippen LogP contribution in [0.25, 0.3) is 0 Å². The highest BCUT2D eigenvalue weighted by Crippen LogP contribution is 2.19. The van der Waals surface area contributed by atoms with E-state index in [0.29, 0.717) is 19.4 Å². The molecule has 1 heterocycles. The third-order valence-corrected chi connectivity index (χ3v) is 4.05. The van der Waals surface area contributed by atoms with Gasteiger partial charge < -0.3 is 10.1 Å². The molecule has 1 fully saturated rings. The third kappa shape index (κ3) is 5.08. The number of ether oxygens (including phenoxy) is 1. The fourth-order valence-corrected chi connectivity index (χ4v) is 2.71. The smallest absolute Gasteiger partial charge is 0.410 e. The largest absolute Gasteiger partial charge is 0.445 e. The van der Waals surface area contributed by atoms with Crippen LogP contribution in [0, 0.1) is 5.41 Å². The molecule has 1 aliphatic rings. The molecule has 0 saturated carbocycles. The highest BCUT2D eigenvalue weighted by molar-refractivity contribution is 6.00. The second-order valence-electron chi connectivity index (χ2n) is 5.96. The Balaban J connectivity index is 1.85. The molecule has 1 saturated heterocycles. The van der Waals surface area contributed by atoms with Gasteiger partial charge >= 0.3 is 6.09 Å². The SMILES string of the molecule is CCCCC(=N)NC(=O)[C@@H]1CCCN1C(=O)OCc1ccccc1. The molecule has 24 heavy (non-hydrogen) atoms. The minimum Gasteiger partial charge on any atom is -0.445 e. The lowest BCUT2D eigenvalue weighted by atomic mass is 10.2. The predicted octanol–water partition coefficient (Wildman–Crippen LogP) is 3.07. The molecule has 0 spiro atoms. The number of unbranched alkanes of at least 4 members (excludes halogenated alkanes) is 1. The van der Waals surface area contributed by atoms with Crippen molar-refractivity contribution in [2.75, 3.05) is 6.54 Å². The van der Waals surface area contributed by atoms with Crippen molar-refractivity contribution in [3.05, 3.63) is 35.9 Å². The van der Waals surface area contributed by atoms with Crippen LogP contribution in [0.15, 0.2) is 30.3 Å². The van der Waals surface area contributed by atoms with E-state index in [0.717, 1.165) is 24.8 Å². The molecule has 2 N–H and O–H groups in total. The van der Waals surface area contributed by atoms with Crippen molar-refractivity contribution >= 4 is 17.8 Å². The lowest BCUT2D eigenvalue weighted by Gasteiger charge is -2.23. The van der Waals surface area contributed by atoms with Crippen LogP contribution in [0.5, 0.6) is 0 Å². The Hall–Kier alpha value is -2.37. The van der Waals surface area contributed by atoms with E-state index in [4.69, 9.17) is 10.1 Å².